The Morgan fingerprint density at radius 1 is 1.27 bits per heavy atom. The van der Waals surface area contributed by atoms with E-state index in [1.165, 1.54) is 18.2 Å². The van der Waals surface area contributed by atoms with Gasteiger partial charge in [-0.15, -0.1) is 5.10 Å². The van der Waals surface area contributed by atoms with Gasteiger partial charge < -0.3 is 9.67 Å². The van der Waals surface area contributed by atoms with Gasteiger partial charge in [0, 0.05) is 25.9 Å². The molecule has 1 atom stereocenters. The van der Waals surface area contributed by atoms with Crippen LogP contribution in [0.3, 0.4) is 0 Å². The van der Waals surface area contributed by atoms with Gasteiger partial charge in [-0.2, -0.15) is 5.10 Å². The second-order valence-electron chi connectivity index (χ2n) is 7.48. The summed E-state index contributed by atoms with van der Waals surface area (Å²) >= 11 is 6.14. The summed E-state index contributed by atoms with van der Waals surface area (Å²) in [6, 6.07) is 3.32. The van der Waals surface area contributed by atoms with Crippen LogP contribution in [0.15, 0.2) is 62.5 Å². The molecule has 1 unspecified atom stereocenters. The highest BCUT2D eigenvalue weighted by Crippen LogP contribution is 2.27. The summed E-state index contributed by atoms with van der Waals surface area (Å²) in [5, 5.41) is 18.5. The third kappa shape index (κ3) is 9.21. The Labute approximate surface area is 203 Å². The molecule has 33 heavy (non-hydrogen) atoms. The standard InChI is InChI=1S/C22H31ClN4O3S.C2H6/c1-4-6-10-17(9-5-2)16-24-25-22-20(13-8-14-27(22)3)26-31(29,30)21-15-18(28)11-7-12-19(21)23;1-2/h7-8,11-14,16-17,26,28H,4-6,9-10,15H2,1-3H3;1-2H3/b24-16+,25-22-;. The van der Waals surface area contributed by atoms with Crippen LogP contribution in [0.1, 0.15) is 66.2 Å². The number of aromatic nitrogens is 1. The molecule has 184 valence electrons. The molecular formula is C24H37ClN4O3S. The number of hydrogen-bond donors (Lipinski definition) is 2. The molecule has 0 radical (unpaired) electrons. The Balaban J connectivity index is 0.00000265. The summed E-state index contributed by atoms with van der Waals surface area (Å²) in [4.78, 5) is -0.111. The molecule has 1 aromatic heterocycles. The number of allylic oxidation sites excluding steroid dienone is 5. The van der Waals surface area contributed by atoms with Crippen LogP contribution in [0.4, 0.5) is 5.69 Å². The number of nitrogens with zero attached hydrogens (tertiary/aromatic N) is 3. The van der Waals surface area contributed by atoms with Crippen LogP contribution in [-0.2, 0) is 17.1 Å². The molecule has 2 rings (SSSR count). The third-order valence-electron chi connectivity index (χ3n) is 4.87. The molecule has 7 nitrogen and oxygen atoms in total. The van der Waals surface area contributed by atoms with Crippen LogP contribution in [0.5, 0.6) is 0 Å². The molecule has 0 bridgehead atoms. The van der Waals surface area contributed by atoms with Crippen LogP contribution in [-0.4, -0.2) is 24.3 Å². The summed E-state index contributed by atoms with van der Waals surface area (Å²) in [7, 11) is -2.26. The fourth-order valence-electron chi connectivity index (χ4n) is 3.19. The van der Waals surface area contributed by atoms with Crippen LogP contribution < -0.4 is 10.2 Å². The summed E-state index contributed by atoms with van der Waals surface area (Å²) in [5.74, 6) is 0.258. The van der Waals surface area contributed by atoms with Gasteiger partial charge in [-0.1, -0.05) is 64.6 Å². The van der Waals surface area contributed by atoms with Crippen molar-refractivity contribution < 1.29 is 13.5 Å². The quantitative estimate of drug-likeness (QED) is 0.301. The lowest BCUT2D eigenvalue weighted by Crippen LogP contribution is -2.26. The number of aliphatic hydroxyl groups is 1. The molecule has 0 amide bonds. The average Bonchev–Trinajstić information content (AvgIpc) is 2.95. The Morgan fingerprint density at radius 3 is 2.67 bits per heavy atom. The van der Waals surface area contributed by atoms with Gasteiger partial charge in [0.2, 0.25) is 0 Å². The maximum absolute atomic E-state index is 13.0. The first-order chi connectivity index (χ1) is 15.8. The number of unbranched alkanes of at least 4 members (excludes halogenated alkanes) is 1. The predicted molar refractivity (Wildman–Crippen MR) is 139 cm³/mol. The summed E-state index contributed by atoms with van der Waals surface area (Å²) < 4.78 is 30.2. The van der Waals surface area contributed by atoms with E-state index in [1.54, 1.807) is 29.9 Å². The topological polar surface area (TPSA) is 96.1 Å². The van der Waals surface area contributed by atoms with Crippen molar-refractivity contribution in [1.82, 2.24) is 4.57 Å². The van der Waals surface area contributed by atoms with E-state index in [4.69, 9.17) is 11.6 Å². The Kier molecular flexibility index (Phi) is 12.8. The first-order valence-corrected chi connectivity index (χ1v) is 13.3. The zero-order chi connectivity index (χ0) is 24.9. The number of sulfonamides is 1. The average molecular weight is 497 g/mol. The van der Waals surface area contributed by atoms with Gasteiger partial charge in [0.15, 0.2) is 5.49 Å². The molecular weight excluding hydrogens is 460 g/mol. The minimum atomic E-state index is -4.02. The molecule has 0 saturated heterocycles. The molecule has 9 heteroatoms. The Morgan fingerprint density at radius 2 is 2.00 bits per heavy atom. The molecule has 0 aromatic carbocycles. The highest BCUT2D eigenvalue weighted by Gasteiger charge is 2.24. The third-order valence-corrected chi connectivity index (χ3v) is 6.84. The zero-order valence-electron chi connectivity index (χ0n) is 20.3. The maximum atomic E-state index is 13.0. The molecule has 1 aromatic rings. The Hall–Kier alpha value is -2.32. The van der Waals surface area contributed by atoms with Crippen molar-refractivity contribution in [3.8, 4) is 0 Å². The van der Waals surface area contributed by atoms with E-state index in [0.29, 0.717) is 11.4 Å². The largest absolute Gasteiger partial charge is 0.512 e. The van der Waals surface area contributed by atoms with Crippen LogP contribution in [0.25, 0.3) is 0 Å². The first-order valence-electron chi connectivity index (χ1n) is 11.5. The van der Waals surface area contributed by atoms with Crippen molar-refractivity contribution >= 4 is 33.5 Å². The lowest BCUT2D eigenvalue weighted by Gasteiger charge is -2.13. The zero-order valence-corrected chi connectivity index (χ0v) is 21.8. The fourth-order valence-corrected chi connectivity index (χ4v) is 4.87. The second kappa shape index (κ2) is 14.8. The summed E-state index contributed by atoms with van der Waals surface area (Å²) in [5.41, 5.74) is 0.644. The van der Waals surface area contributed by atoms with Crippen molar-refractivity contribution in [1.29, 1.82) is 0 Å². The number of aliphatic hydroxyl groups excluding tert-OH is 1. The predicted octanol–water partition coefficient (Wildman–Crippen LogP) is 6.14. The van der Waals surface area contributed by atoms with Gasteiger partial charge >= 0.3 is 0 Å². The van der Waals surface area contributed by atoms with Gasteiger partial charge in [0.05, 0.1) is 21.4 Å². The molecule has 2 N–H and O–H groups in total. The number of aryl methyl sites for hydroxylation is 1. The maximum Gasteiger partial charge on any atom is 0.260 e. The molecule has 1 aliphatic carbocycles. The molecule has 1 aliphatic rings. The van der Waals surface area contributed by atoms with Crippen LogP contribution in [0, 0.1) is 5.92 Å². The van der Waals surface area contributed by atoms with Crippen LogP contribution in [0.2, 0.25) is 0 Å². The lowest BCUT2D eigenvalue weighted by atomic mass is 9.99. The summed E-state index contributed by atoms with van der Waals surface area (Å²) in [6.07, 6.45) is 13.2. The van der Waals surface area contributed by atoms with E-state index in [0.717, 1.165) is 32.1 Å². The van der Waals surface area contributed by atoms with Gasteiger partial charge in [-0.3, -0.25) is 4.72 Å². The first kappa shape index (κ1) is 28.7. The van der Waals surface area contributed by atoms with E-state index in [1.807, 2.05) is 20.1 Å². The van der Waals surface area contributed by atoms with Crippen molar-refractivity contribution in [2.45, 2.75) is 66.2 Å². The van der Waals surface area contributed by atoms with Crippen molar-refractivity contribution in [2.24, 2.45) is 23.2 Å². The smallest absolute Gasteiger partial charge is 0.260 e. The minimum absolute atomic E-state index is 0.0444. The van der Waals surface area contributed by atoms with E-state index < -0.39 is 10.0 Å². The van der Waals surface area contributed by atoms with E-state index >= 15 is 0 Å². The highest BCUT2D eigenvalue weighted by molar-refractivity contribution is 7.96. The molecule has 0 spiro atoms. The minimum Gasteiger partial charge on any atom is -0.512 e. The monoisotopic (exact) mass is 496 g/mol. The second-order valence-corrected chi connectivity index (χ2v) is 9.59. The van der Waals surface area contributed by atoms with Crippen molar-refractivity contribution in [3.05, 3.63) is 57.7 Å². The van der Waals surface area contributed by atoms with Gasteiger partial charge in [-0.25, -0.2) is 8.42 Å². The highest BCUT2D eigenvalue weighted by atomic mass is 35.5. The SMILES string of the molecule is CC.CCCCC(/C=N/N=c1/c(NS(=O)(=O)C2=C(Cl)C=CC=C(O)C2)cccn1C)CCC. The number of rotatable bonds is 10. The molecule has 0 fully saturated rings. The van der Waals surface area contributed by atoms with Gasteiger partial charge in [0.25, 0.3) is 10.0 Å². The number of nitrogens with one attached hydrogen (secondary N) is 1. The van der Waals surface area contributed by atoms with Gasteiger partial charge in [-0.05, 0) is 43.0 Å². The Bertz CT molecular complexity index is 1050. The number of halogens is 1. The van der Waals surface area contributed by atoms with Gasteiger partial charge in [0.1, 0.15) is 0 Å². The molecule has 0 aliphatic heterocycles. The van der Waals surface area contributed by atoms with Crippen LogP contribution >= 0.6 is 11.6 Å². The van der Waals surface area contributed by atoms with Crippen molar-refractivity contribution in [2.75, 3.05) is 4.72 Å². The fraction of sp³-hybridized carbons (Fsp3) is 0.500. The molecule has 0 saturated carbocycles. The number of hydrogen-bond acceptors (Lipinski definition) is 5. The van der Waals surface area contributed by atoms with E-state index in [2.05, 4.69) is 28.8 Å². The van der Waals surface area contributed by atoms with E-state index in [9.17, 15) is 13.5 Å². The summed E-state index contributed by atoms with van der Waals surface area (Å²) in [6.45, 7) is 8.30. The molecule has 1 heterocycles. The van der Waals surface area contributed by atoms with E-state index in [-0.39, 0.29) is 27.8 Å². The number of pyridine rings is 1. The number of anilines is 1. The normalized spacial score (nSPS) is 15.7. The van der Waals surface area contributed by atoms with Crippen molar-refractivity contribution in [3.63, 3.8) is 0 Å². The lowest BCUT2D eigenvalue weighted by molar-refractivity contribution is 0.400.